The van der Waals surface area contributed by atoms with E-state index in [4.69, 9.17) is 4.42 Å². The quantitative estimate of drug-likeness (QED) is 0.536. The van der Waals surface area contributed by atoms with Gasteiger partial charge >= 0.3 is 5.63 Å². The lowest BCUT2D eigenvalue weighted by Crippen LogP contribution is -2.12. The fourth-order valence-electron chi connectivity index (χ4n) is 1.69. The number of fused-ring (bicyclic) bond motifs is 2. The summed E-state index contributed by atoms with van der Waals surface area (Å²) in [5.41, 5.74) is -0.311. The second-order valence-electron chi connectivity index (χ2n) is 3.37. The summed E-state index contributed by atoms with van der Waals surface area (Å²) in [6.45, 7) is 0. The van der Waals surface area contributed by atoms with Gasteiger partial charge in [-0.05, 0) is 12.1 Å². The third-order valence-electron chi connectivity index (χ3n) is 2.42. The Bertz CT molecular complexity index is 795. The Hall–Kier alpha value is -2.36. The Labute approximate surface area is 88.7 Å². The molecule has 0 N–H and O–H groups in total. The second-order valence-corrected chi connectivity index (χ2v) is 3.37. The van der Waals surface area contributed by atoms with E-state index in [1.165, 1.54) is 12.3 Å². The van der Waals surface area contributed by atoms with E-state index in [0.717, 1.165) is 0 Å². The van der Waals surface area contributed by atoms with E-state index in [-0.39, 0.29) is 16.4 Å². The number of benzene rings is 1. The lowest BCUT2D eigenvalue weighted by atomic mass is 10.2. The zero-order valence-corrected chi connectivity index (χ0v) is 8.10. The number of hydrogen-bond acceptors (Lipinski definition) is 4. The summed E-state index contributed by atoms with van der Waals surface area (Å²) >= 11 is 0. The molecule has 4 nitrogen and oxygen atoms in total. The van der Waals surface area contributed by atoms with Crippen LogP contribution in [-0.4, -0.2) is 0 Å². The average Bonchev–Trinajstić information content (AvgIpc) is 2.29. The molecule has 2 aromatic heterocycles. The van der Waals surface area contributed by atoms with E-state index in [9.17, 15) is 9.59 Å². The molecule has 78 valence electrons. The van der Waals surface area contributed by atoms with Crippen LogP contribution < -0.4 is 11.1 Å². The molecular formula is C12H6O4. The van der Waals surface area contributed by atoms with Gasteiger partial charge < -0.3 is 8.83 Å². The number of rotatable bonds is 0. The van der Waals surface area contributed by atoms with Crippen molar-refractivity contribution in [3.05, 3.63) is 57.2 Å². The smallest absolute Gasteiger partial charge is 0.350 e. The minimum Gasteiger partial charge on any atom is -0.455 e. The van der Waals surface area contributed by atoms with Gasteiger partial charge in [0.2, 0.25) is 5.43 Å². The van der Waals surface area contributed by atoms with Gasteiger partial charge in [0, 0.05) is 6.07 Å². The third kappa shape index (κ3) is 1.10. The standard InChI is InChI=1S/C12H6O4/c13-11-7-3-1-2-4-8(7)16-9-5-6-15-12(14)10(9)11/h1-6H. The van der Waals surface area contributed by atoms with Gasteiger partial charge in [-0.2, -0.15) is 0 Å². The average molecular weight is 214 g/mol. The maximum Gasteiger partial charge on any atom is 0.350 e. The van der Waals surface area contributed by atoms with E-state index in [2.05, 4.69) is 4.42 Å². The minimum absolute atomic E-state index is 0.0406. The molecule has 0 saturated heterocycles. The zero-order chi connectivity index (χ0) is 11.1. The molecule has 0 bridgehead atoms. The maximum absolute atomic E-state index is 12.0. The van der Waals surface area contributed by atoms with E-state index >= 15 is 0 Å². The van der Waals surface area contributed by atoms with Gasteiger partial charge in [0.15, 0.2) is 5.39 Å². The summed E-state index contributed by atoms with van der Waals surface area (Å²) in [4.78, 5) is 23.4. The van der Waals surface area contributed by atoms with Crippen LogP contribution in [0.5, 0.6) is 0 Å². The van der Waals surface area contributed by atoms with Crippen molar-refractivity contribution in [2.45, 2.75) is 0 Å². The predicted molar refractivity (Wildman–Crippen MR) is 58.5 cm³/mol. The first-order valence-corrected chi connectivity index (χ1v) is 4.71. The Morgan fingerprint density at radius 1 is 0.938 bits per heavy atom. The van der Waals surface area contributed by atoms with Gasteiger partial charge in [0.25, 0.3) is 0 Å². The lowest BCUT2D eigenvalue weighted by molar-refractivity contribution is 0.514. The first-order chi connectivity index (χ1) is 7.77. The van der Waals surface area contributed by atoms with Gasteiger partial charge in [-0.25, -0.2) is 4.79 Å². The maximum atomic E-state index is 12.0. The lowest BCUT2D eigenvalue weighted by Gasteiger charge is -1.98. The van der Waals surface area contributed by atoms with E-state index in [0.29, 0.717) is 11.0 Å². The van der Waals surface area contributed by atoms with Crippen molar-refractivity contribution >= 4 is 21.9 Å². The van der Waals surface area contributed by atoms with Gasteiger partial charge in [-0.1, -0.05) is 12.1 Å². The van der Waals surface area contributed by atoms with Crippen molar-refractivity contribution in [3.63, 3.8) is 0 Å². The highest BCUT2D eigenvalue weighted by Crippen LogP contribution is 2.15. The molecule has 2 heterocycles. The van der Waals surface area contributed by atoms with Crippen molar-refractivity contribution in [1.82, 2.24) is 0 Å². The molecule has 0 aliphatic rings. The molecule has 0 aliphatic carbocycles. The Kier molecular flexibility index (Phi) is 1.71. The molecule has 1 aromatic carbocycles. The van der Waals surface area contributed by atoms with Crippen LogP contribution in [0.4, 0.5) is 0 Å². The molecule has 3 aromatic rings. The van der Waals surface area contributed by atoms with Crippen molar-refractivity contribution in [1.29, 1.82) is 0 Å². The van der Waals surface area contributed by atoms with Crippen LogP contribution >= 0.6 is 0 Å². The van der Waals surface area contributed by atoms with Crippen LogP contribution in [0, 0.1) is 0 Å². The number of hydrogen-bond donors (Lipinski definition) is 0. The highest BCUT2D eigenvalue weighted by atomic mass is 16.4. The van der Waals surface area contributed by atoms with Gasteiger partial charge in [0.05, 0.1) is 11.6 Å². The summed E-state index contributed by atoms with van der Waals surface area (Å²) in [7, 11) is 0. The molecule has 0 fully saturated rings. The Balaban J connectivity index is 2.73. The van der Waals surface area contributed by atoms with Crippen LogP contribution in [0.15, 0.2) is 55.0 Å². The highest BCUT2D eigenvalue weighted by molar-refractivity contribution is 5.88. The van der Waals surface area contributed by atoms with Gasteiger partial charge in [-0.15, -0.1) is 0 Å². The SMILES string of the molecule is O=c1occc2oc3ccccc3c(=O)c12. The van der Waals surface area contributed by atoms with Crippen LogP contribution in [0.1, 0.15) is 0 Å². The zero-order valence-electron chi connectivity index (χ0n) is 8.10. The van der Waals surface area contributed by atoms with E-state index < -0.39 is 5.63 Å². The van der Waals surface area contributed by atoms with Crippen LogP contribution in [0.2, 0.25) is 0 Å². The van der Waals surface area contributed by atoms with Crippen LogP contribution in [-0.2, 0) is 0 Å². The molecule has 0 atom stereocenters. The first-order valence-electron chi connectivity index (χ1n) is 4.71. The summed E-state index contributed by atoms with van der Waals surface area (Å²) in [6, 6.07) is 8.25. The van der Waals surface area contributed by atoms with Gasteiger partial charge in [-0.3, -0.25) is 4.79 Å². The normalized spacial score (nSPS) is 11.0. The molecule has 3 rings (SSSR count). The molecule has 0 aliphatic heterocycles. The second kappa shape index (κ2) is 3.06. The summed E-state index contributed by atoms with van der Waals surface area (Å²) in [6.07, 6.45) is 1.21. The molecule has 0 saturated carbocycles. The molecule has 4 heteroatoms. The monoisotopic (exact) mass is 214 g/mol. The van der Waals surface area contributed by atoms with E-state index in [1.807, 2.05) is 0 Å². The van der Waals surface area contributed by atoms with Crippen molar-refractivity contribution < 1.29 is 8.83 Å². The number of para-hydroxylation sites is 1. The Morgan fingerprint density at radius 3 is 2.62 bits per heavy atom. The minimum atomic E-state index is -0.669. The fraction of sp³-hybridized carbons (Fsp3) is 0. The largest absolute Gasteiger partial charge is 0.455 e. The Morgan fingerprint density at radius 2 is 1.75 bits per heavy atom. The third-order valence-corrected chi connectivity index (χ3v) is 2.42. The molecule has 16 heavy (non-hydrogen) atoms. The summed E-state index contributed by atoms with van der Waals surface area (Å²) in [5.74, 6) is 0. The van der Waals surface area contributed by atoms with Crippen LogP contribution in [0.25, 0.3) is 21.9 Å². The molecule has 0 unspecified atom stereocenters. The summed E-state index contributed by atoms with van der Waals surface area (Å²) in [5, 5.41) is 0.342. The van der Waals surface area contributed by atoms with Crippen LogP contribution in [0.3, 0.4) is 0 Å². The topological polar surface area (TPSA) is 60.4 Å². The summed E-state index contributed by atoms with van der Waals surface area (Å²) < 4.78 is 10.1. The first kappa shape index (κ1) is 8.91. The fourth-order valence-corrected chi connectivity index (χ4v) is 1.69. The van der Waals surface area contributed by atoms with Crippen molar-refractivity contribution in [3.8, 4) is 0 Å². The predicted octanol–water partition coefficient (Wildman–Crippen LogP) is 1.90. The molecule has 0 amide bonds. The van der Waals surface area contributed by atoms with Gasteiger partial charge in [0.1, 0.15) is 11.2 Å². The molecular weight excluding hydrogens is 208 g/mol. The van der Waals surface area contributed by atoms with Crippen molar-refractivity contribution in [2.75, 3.05) is 0 Å². The highest BCUT2D eigenvalue weighted by Gasteiger charge is 2.10. The van der Waals surface area contributed by atoms with Crippen molar-refractivity contribution in [2.24, 2.45) is 0 Å². The molecule has 0 radical (unpaired) electrons. The van der Waals surface area contributed by atoms with E-state index in [1.54, 1.807) is 24.3 Å². The molecule has 0 spiro atoms.